The quantitative estimate of drug-likeness (QED) is 0.874. The van der Waals surface area contributed by atoms with Gasteiger partial charge in [0, 0.05) is 19.1 Å². The highest BCUT2D eigenvalue weighted by atomic mass is 79.9. The van der Waals surface area contributed by atoms with Crippen molar-refractivity contribution in [1.29, 1.82) is 0 Å². The number of hydrogen-bond donors (Lipinski definition) is 2. The van der Waals surface area contributed by atoms with Crippen molar-refractivity contribution < 1.29 is 9.18 Å². The smallest absolute Gasteiger partial charge is 0.225 e. The lowest BCUT2D eigenvalue weighted by atomic mass is 10.0. The molecule has 0 bridgehead atoms. The molecule has 106 valence electrons. The molecule has 2 rings (SSSR count). The number of nitrogens with one attached hydrogen (secondary N) is 2. The largest absolute Gasteiger partial charge is 0.353 e. The molecule has 0 aromatic heterocycles. The summed E-state index contributed by atoms with van der Waals surface area (Å²) in [5, 5.41) is 6.05. The minimum absolute atomic E-state index is 0. The van der Waals surface area contributed by atoms with Crippen molar-refractivity contribution in [1.82, 2.24) is 10.6 Å². The van der Waals surface area contributed by atoms with E-state index in [1.165, 1.54) is 6.07 Å². The van der Waals surface area contributed by atoms with Crippen molar-refractivity contribution in [3.8, 4) is 0 Å². The van der Waals surface area contributed by atoms with Gasteiger partial charge in [0.1, 0.15) is 5.82 Å². The summed E-state index contributed by atoms with van der Waals surface area (Å²) in [5.41, 5.74) is 1.00. The highest BCUT2D eigenvalue weighted by molar-refractivity contribution is 9.10. The monoisotopic (exact) mass is 350 g/mol. The first kappa shape index (κ1) is 16.4. The standard InChI is InChI=1S/C13H16BrFN2O.ClH/c1-8(17-13(18)10-6-16-7-10)4-9-2-3-12(15)11(14)5-9;/h2-3,5,8,10,16H,4,6-7H2,1H3,(H,17,18);1H. The van der Waals surface area contributed by atoms with Gasteiger partial charge in [0.2, 0.25) is 5.91 Å². The van der Waals surface area contributed by atoms with E-state index in [9.17, 15) is 9.18 Å². The van der Waals surface area contributed by atoms with E-state index in [-0.39, 0.29) is 36.1 Å². The second-order valence-corrected chi connectivity index (χ2v) is 5.57. The van der Waals surface area contributed by atoms with Crippen LogP contribution in [0.5, 0.6) is 0 Å². The molecule has 1 saturated heterocycles. The van der Waals surface area contributed by atoms with Gasteiger partial charge in [0.05, 0.1) is 10.4 Å². The minimum atomic E-state index is -0.268. The van der Waals surface area contributed by atoms with Gasteiger partial charge in [-0.05, 0) is 47.0 Å². The molecule has 1 amide bonds. The Labute approximate surface area is 126 Å². The molecule has 0 saturated carbocycles. The predicted octanol–water partition coefficient (Wildman–Crippen LogP) is 2.28. The topological polar surface area (TPSA) is 41.1 Å². The number of carbonyl (C=O) groups excluding carboxylic acids is 1. The molecule has 1 atom stereocenters. The van der Waals surface area contributed by atoms with Crippen molar-refractivity contribution in [2.75, 3.05) is 13.1 Å². The first-order valence-corrected chi connectivity index (χ1v) is 6.80. The summed E-state index contributed by atoms with van der Waals surface area (Å²) < 4.78 is 13.5. The lowest BCUT2D eigenvalue weighted by molar-refractivity contribution is -0.127. The number of carbonyl (C=O) groups is 1. The zero-order valence-corrected chi connectivity index (χ0v) is 13.0. The van der Waals surface area contributed by atoms with Crippen LogP contribution in [0.4, 0.5) is 4.39 Å². The molecule has 1 aromatic carbocycles. The summed E-state index contributed by atoms with van der Waals surface area (Å²) in [5.74, 6) is -0.0641. The van der Waals surface area contributed by atoms with E-state index in [0.717, 1.165) is 18.7 Å². The highest BCUT2D eigenvalue weighted by Gasteiger charge is 2.25. The Morgan fingerprint density at radius 3 is 2.79 bits per heavy atom. The van der Waals surface area contributed by atoms with E-state index >= 15 is 0 Å². The van der Waals surface area contributed by atoms with Gasteiger partial charge in [-0.25, -0.2) is 4.39 Å². The van der Waals surface area contributed by atoms with E-state index in [1.807, 2.05) is 6.92 Å². The van der Waals surface area contributed by atoms with Crippen LogP contribution in [0.25, 0.3) is 0 Å². The molecule has 1 unspecified atom stereocenters. The van der Waals surface area contributed by atoms with Gasteiger partial charge < -0.3 is 10.6 Å². The molecule has 0 radical (unpaired) electrons. The molecule has 1 heterocycles. The summed E-state index contributed by atoms with van der Waals surface area (Å²) in [7, 11) is 0. The molecule has 19 heavy (non-hydrogen) atoms. The number of benzene rings is 1. The zero-order valence-electron chi connectivity index (χ0n) is 10.6. The van der Waals surface area contributed by atoms with Crippen molar-refractivity contribution in [3.05, 3.63) is 34.1 Å². The summed E-state index contributed by atoms with van der Waals surface area (Å²) in [6, 6.07) is 4.98. The Morgan fingerprint density at radius 2 is 2.26 bits per heavy atom. The maximum Gasteiger partial charge on any atom is 0.225 e. The number of halogens is 3. The van der Waals surface area contributed by atoms with Crippen molar-refractivity contribution in [2.45, 2.75) is 19.4 Å². The van der Waals surface area contributed by atoms with Crippen molar-refractivity contribution >= 4 is 34.2 Å². The van der Waals surface area contributed by atoms with E-state index in [4.69, 9.17) is 0 Å². The van der Waals surface area contributed by atoms with Crippen molar-refractivity contribution in [3.63, 3.8) is 0 Å². The van der Waals surface area contributed by atoms with Crippen LogP contribution in [0.3, 0.4) is 0 Å². The summed E-state index contributed by atoms with van der Waals surface area (Å²) in [6.07, 6.45) is 0.699. The second-order valence-electron chi connectivity index (χ2n) is 4.72. The molecule has 6 heteroatoms. The third-order valence-corrected chi connectivity index (χ3v) is 3.67. The van der Waals surface area contributed by atoms with Crippen LogP contribution in [0, 0.1) is 11.7 Å². The normalized spacial score (nSPS) is 16.2. The third-order valence-electron chi connectivity index (χ3n) is 3.07. The zero-order chi connectivity index (χ0) is 13.1. The first-order chi connectivity index (χ1) is 8.56. The molecule has 0 spiro atoms. The fourth-order valence-corrected chi connectivity index (χ4v) is 2.33. The predicted molar refractivity (Wildman–Crippen MR) is 79.0 cm³/mol. The van der Waals surface area contributed by atoms with Gasteiger partial charge in [-0.3, -0.25) is 4.79 Å². The number of hydrogen-bond acceptors (Lipinski definition) is 2. The van der Waals surface area contributed by atoms with Crippen LogP contribution in [-0.2, 0) is 11.2 Å². The first-order valence-electron chi connectivity index (χ1n) is 6.01. The number of rotatable bonds is 4. The average Bonchev–Trinajstić information content (AvgIpc) is 2.20. The van der Waals surface area contributed by atoms with Gasteiger partial charge in [-0.2, -0.15) is 0 Å². The van der Waals surface area contributed by atoms with Gasteiger partial charge in [-0.15, -0.1) is 12.4 Å². The molecule has 3 nitrogen and oxygen atoms in total. The summed E-state index contributed by atoms with van der Waals surface area (Å²) >= 11 is 3.16. The average molecular weight is 352 g/mol. The Hall–Kier alpha value is -0.650. The molecular weight excluding hydrogens is 335 g/mol. The lowest BCUT2D eigenvalue weighted by Gasteiger charge is -2.27. The maximum atomic E-state index is 13.1. The van der Waals surface area contributed by atoms with E-state index in [0.29, 0.717) is 10.9 Å². The number of amides is 1. The molecule has 1 fully saturated rings. The van der Waals surface area contributed by atoms with Crippen LogP contribution in [-0.4, -0.2) is 25.0 Å². The summed E-state index contributed by atoms with van der Waals surface area (Å²) in [6.45, 7) is 3.49. The van der Waals surface area contributed by atoms with Crippen molar-refractivity contribution in [2.24, 2.45) is 5.92 Å². The van der Waals surface area contributed by atoms with E-state index < -0.39 is 0 Å². The highest BCUT2D eigenvalue weighted by Crippen LogP contribution is 2.17. The molecular formula is C13H17BrClFN2O. The van der Waals surface area contributed by atoms with E-state index in [1.54, 1.807) is 12.1 Å². The molecule has 1 aliphatic rings. The molecule has 2 N–H and O–H groups in total. The Morgan fingerprint density at radius 1 is 1.58 bits per heavy atom. The minimum Gasteiger partial charge on any atom is -0.353 e. The maximum absolute atomic E-state index is 13.1. The van der Waals surface area contributed by atoms with Gasteiger partial charge in [0.15, 0.2) is 0 Å². The lowest BCUT2D eigenvalue weighted by Crippen LogP contribution is -2.52. The van der Waals surface area contributed by atoms with Gasteiger partial charge in [-0.1, -0.05) is 6.07 Å². The Kier molecular flexibility index (Phi) is 6.23. The Balaban J connectivity index is 0.00000180. The van der Waals surface area contributed by atoms with Crippen LogP contribution < -0.4 is 10.6 Å². The second kappa shape index (κ2) is 7.22. The van der Waals surface area contributed by atoms with Crippen LogP contribution in [0.2, 0.25) is 0 Å². The van der Waals surface area contributed by atoms with Crippen LogP contribution >= 0.6 is 28.3 Å². The van der Waals surface area contributed by atoms with Crippen LogP contribution in [0.1, 0.15) is 12.5 Å². The molecule has 0 aliphatic carbocycles. The van der Waals surface area contributed by atoms with Gasteiger partial charge in [0.25, 0.3) is 0 Å². The summed E-state index contributed by atoms with van der Waals surface area (Å²) in [4.78, 5) is 11.7. The fourth-order valence-electron chi connectivity index (χ4n) is 1.91. The molecule has 1 aliphatic heterocycles. The third kappa shape index (κ3) is 4.44. The van der Waals surface area contributed by atoms with Crippen LogP contribution in [0.15, 0.2) is 22.7 Å². The molecule has 1 aromatic rings. The van der Waals surface area contributed by atoms with E-state index in [2.05, 4.69) is 26.6 Å². The van der Waals surface area contributed by atoms with Gasteiger partial charge >= 0.3 is 0 Å². The SMILES string of the molecule is CC(Cc1ccc(F)c(Br)c1)NC(=O)C1CNC1.Cl. The fraction of sp³-hybridized carbons (Fsp3) is 0.462. The Bertz CT molecular complexity index is 454.